The van der Waals surface area contributed by atoms with E-state index in [2.05, 4.69) is 12.2 Å². The Hall–Kier alpha value is -2.33. The van der Waals surface area contributed by atoms with Crippen molar-refractivity contribution in [3.63, 3.8) is 0 Å². The molecule has 2 aliphatic rings. The van der Waals surface area contributed by atoms with Gasteiger partial charge >= 0.3 is 5.97 Å². The molecule has 0 heterocycles. The number of hydrogen-bond donors (Lipinski definition) is 1. The van der Waals surface area contributed by atoms with Gasteiger partial charge in [0.1, 0.15) is 0 Å². The first-order valence-corrected chi connectivity index (χ1v) is 11.1. The van der Waals surface area contributed by atoms with Crippen LogP contribution in [0.5, 0.6) is 0 Å². The molecule has 0 saturated heterocycles. The zero-order chi connectivity index (χ0) is 21.3. The fourth-order valence-corrected chi connectivity index (χ4v) is 5.64. The van der Waals surface area contributed by atoms with Crippen molar-refractivity contribution in [1.82, 2.24) is 5.32 Å². The smallest absolute Gasteiger partial charge is 0.313 e. The molecule has 2 aromatic carbocycles. The molecule has 1 amide bonds. The third kappa shape index (κ3) is 4.11. The number of nitrogens with one attached hydrogen (secondary N) is 1. The van der Waals surface area contributed by atoms with E-state index >= 15 is 0 Å². The van der Waals surface area contributed by atoms with Crippen LogP contribution in [0.1, 0.15) is 48.0 Å². The highest BCUT2D eigenvalue weighted by Crippen LogP contribution is 2.63. The lowest BCUT2D eigenvalue weighted by Gasteiger charge is -2.26. The van der Waals surface area contributed by atoms with Crippen molar-refractivity contribution in [1.29, 1.82) is 0 Å². The number of rotatable bonds is 7. The molecule has 1 N–H and O–H groups in total. The van der Waals surface area contributed by atoms with Gasteiger partial charge in [0, 0.05) is 16.6 Å². The summed E-state index contributed by atoms with van der Waals surface area (Å²) in [5, 5.41) is 3.85. The highest BCUT2D eigenvalue weighted by Gasteiger charge is 2.60. The summed E-state index contributed by atoms with van der Waals surface area (Å²) in [6.45, 7) is 2.12. The van der Waals surface area contributed by atoms with E-state index in [1.165, 1.54) is 7.11 Å². The minimum Gasteiger partial charge on any atom is -0.469 e. The number of fused-ring (bicyclic) bond motifs is 1. The van der Waals surface area contributed by atoms with E-state index in [0.29, 0.717) is 34.3 Å². The third-order valence-electron chi connectivity index (χ3n) is 6.96. The zero-order valence-corrected chi connectivity index (χ0v) is 18.1. The molecule has 0 aromatic heterocycles. The maximum atomic E-state index is 12.6. The first-order chi connectivity index (χ1) is 14.5. The Kier molecular flexibility index (Phi) is 6.14. The van der Waals surface area contributed by atoms with Crippen LogP contribution in [-0.4, -0.2) is 25.0 Å². The number of halogens is 1. The summed E-state index contributed by atoms with van der Waals surface area (Å²) in [7, 11) is 1.47. The SMILES string of the molecule is CC[C@H](NC(=O)c1ccc(Cl)cc1)C1[C@H]2CC([C@H](C(=O)OC)c3ccccc3)C[C@@H]12. The molecule has 2 saturated carbocycles. The third-order valence-corrected chi connectivity index (χ3v) is 7.21. The van der Waals surface area contributed by atoms with Gasteiger partial charge in [-0.25, -0.2) is 0 Å². The van der Waals surface area contributed by atoms with Crippen molar-refractivity contribution in [2.45, 2.75) is 38.1 Å². The van der Waals surface area contributed by atoms with Gasteiger partial charge in [-0.15, -0.1) is 0 Å². The van der Waals surface area contributed by atoms with Gasteiger partial charge in [0.15, 0.2) is 0 Å². The molecule has 4 nitrogen and oxygen atoms in total. The van der Waals surface area contributed by atoms with E-state index < -0.39 is 0 Å². The zero-order valence-electron chi connectivity index (χ0n) is 17.4. The minimum absolute atomic E-state index is 0.0447. The Bertz CT molecular complexity index is 886. The van der Waals surface area contributed by atoms with Crippen LogP contribution in [0, 0.1) is 23.7 Å². The molecule has 6 atom stereocenters. The van der Waals surface area contributed by atoms with Crippen molar-refractivity contribution < 1.29 is 14.3 Å². The summed E-state index contributed by atoms with van der Waals surface area (Å²) in [4.78, 5) is 25.2. The highest BCUT2D eigenvalue weighted by atomic mass is 35.5. The predicted octanol–water partition coefficient (Wildman–Crippen LogP) is 5.08. The largest absolute Gasteiger partial charge is 0.469 e. The Morgan fingerprint density at radius 3 is 2.27 bits per heavy atom. The van der Waals surface area contributed by atoms with Crippen molar-refractivity contribution in [2.75, 3.05) is 7.11 Å². The van der Waals surface area contributed by atoms with E-state index in [0.717, 1.165) is 24.8 Å². The average molecular weight is 426 g/mol. The second-order valence-electron chi connectivity index (χ2n) is 8.54. The number of amides is 1. The molecule has 158 valence electrons. The summed E-state index contributed by atoms with van der Waals surface area (Å²) in [5.74, 6) is 1.55. The molecule has 0 bridgehead atoms. The fraction of sp³-hybridized carbons (Fsp3) is 0.440. The molecule has 0 aliphatic heterocycles. The number of carbonyl (C=O) groups is 2. The van der Waals surface area contributed by atoms with Crippen LogP contribution in [0.2, 0.25) is 5.02 Å². The molecule has 5 heteroatoms. The lowest BCUT2D eigenvalue weighted by Crippen LogP contribution is -2.37. The van der Waals surface area contributed by atoms with E-state index in [1.54, 1.807) is 24.3 Å². The summed E-state index contributed by atoms with van der Waals surface area (Å²) in [6, 6.07) is 17.1. The van der Waals surface area contributed by atoms with Gasteiger partial charge in [0.2, 0.25) is 0 Å². The van der Waals surface area contributed by atoms with Gasteiger partial charge in [-0.3, -0.25) is 9.59 Å². The summed E-state index contributed by atoms with van der Waals surface area (Å²) >= 11 is 5.93. The Morgan fingerprint density at radius 2 is 1.70 bits per heavy atom. The number of ether oxygens (including phenoxy) is 1. The lowest BCUT2D eigenvalue weighted by atomic mass is 9.81. The van der Waals surface area contributed by atoms with Gasteiger partial charge in [-0.05, 0) is 72.8 Å². The quantitative estimate of drug-likeness (QED) is 0.629. The second-order valence-corrected chi connectivity index (χ2v) is 8.98. The number of hydrogen-bond acceptors (Lipinski definition) is 3. The molecular weight excluding hydrogens is 398 g/mol. The van der Waals surface area contributed by atoms with E-state index in [9.17, 15) is 9.59 Å². The van der Waals surface area contributed by atoms with Gasteiger partial charge in [-0.2, -0.15) is 0 Å². The van der Waals surface area contributed by atoms with Crippen molar-refractivity contribution >= 4 is 23.5 Å². The van der Waals surface area contributed by atoms with Crippen LogP contribution in [-0.2, 0) is 9.53 Å². The molecular formula is C25H28ClNO3. The normalized spacial score (nSPS) is 26.4. The maximum absolute atomic E-state index is 12.6. The van der Waals surface area contributed by atoms with Crippen molar-refractivity contribution in [2.24, 2.45) is 23.7 Å². The first kappa shape index (κ1) is 20.9. The molecule has 0 radical (unpaired) electrons. The monoisotopic (exact) mass is 425 g/mol. The molecule has 0 spiro atoms. The Morgan fingerprint density at radius 1 is 1.07 bits per heavy atom. The van der Waals surface area contributed by atoms with Crippen LogP contribution < -0.4 is 5.32 Å². The summed E-state index contributed by atoms with van der Waals surface area (Å²) in [5.41, 5.74) is 1.67. The maximum Gasteiger partial charge on any atom is 0.313 e. The van der Waals surface area contributed by atoms with Crippen molar-refractivity contribution in [3.05, 3.63) is 70.7 Å². The minimum atomic E-state index is -0.201. The molecule has 4 rings (SSSR count). The average Bonchev–Trinajstić information content (AvgIpc) is 3.25. The van der Waals surface area contributed by atoms with E-state index in [-0.39, 0.29) is 23.8 Å². The number of carbonyl (C=O) groups excluding carboxylic acids is 2. The number of esters is 1. The molecule has 2 fully saturated rings. The Balaban J connectivity index is 1.40. The standard InChI is InChI=1S/C25H28ClNO3/c1-3-21(27-24(28)16-9-11-18(26)12-10-16)23-19-13-17(14-20(19)23)22(25(29)30-2)15-7-5-4-6-8-15/h4-12,17,19-23H,3,13-14H2,1-2H3,(H,27,28)/t17?,19-,20+,21-,22+,23?/m0/s1. The molecule has 30 heavy (non-hydrogen) atoms. The highest BCUT2D eigenvalue weighted by molar-refractivity contribution is 6.30. The predicted molar refractivity (Wildman–Crippen MR) is 117 cm³/mol. The van der Waals surface area contributed by atoms with E-state index in [1.807, 2.05) is 30.3 Å². The number of methoxy groups -OCH3 is 1. The first-order valence-electron chi connectivity index (χ1n) is 10.7. The van der Waals surface area contributed by atoms with Gasteiger partial charge < -0.3 is 10.1 Å². The second kappa shape index (κ2) is 8.81. The molecule has 2 aliphatic carbocycles. The van der Waals surface area contributed by atoms with Gasteiger partial charge in [0.25, 0.3) is 5.91 Å². The molecule has 2 aromatic rings. The topological polar surface area (TPSA) is 55.4 Å². The fourth-order valence-electron chi connectivity index (χ4n) is 5.51. The van der Waals surface area contributed by atoms with Crippen LogP contribution in [0.25, 0.3) is 0 Å². The molecule has 2 unspecified atom stereocenters. The van der Waals surface area contributed by atoms with Gasteiger partial charge in [0.05, 0.1) is 13.0 Å². The summed E-state index contributed by atoms with van der Waals surface area (Å²) in [6.07, 6.45) is 2.93. The van der Waals surface area contributed by atoms with Crippen molar-refractivity contribution in [3.8, 4) is 0 Å². The van der Waals surface area contributed by atoms with Crippen LogP contribution in [0.15, 0.2) is 54.6 Å². The summed E-state index contributed by atoms with van der Waals surface area (Å²) < 4.78 is 5.13. The van der Waals surface area contributed by atoms with Crippen LogP contribution in [0.3, 0.4) is 0 Å². The lowest BCUT2D eigenvalue weighted by molar-refractivity contribution is -0.144. The van der Waals surface area contributed by atoms with Crippen LogP contribution >= 0.6 is 11.6 Å². The number of benzene rings is 2. The van der Waals surface area contributed by atoms with Crippen LogP contribution in [0.4, 0.5) is 0 Å². The Labute approximate surface area is 183 Å². The van der Waals surface area contributed by atoms with Gasteiger partial charge in [-0.1, -0.05) is 48.9 Å². The van der Waals surface area contributed by atoms with E-state index in [4.69, 9.17) is 16.3 Å².